The minimum Gasteiger partial charge on any atom is -0.507 e. The Bertz CT molecular complexity index is 661. The predicted molar refractivity (Wildman–Crippen MR) is 96.7 cm³/mol. The number of carbonyl (C=O) groups excluding carboxylic acids is 1. The lowest BCUT2D eigenvalue weighted by Crippen LogP contribution is -2.21. The monoisotopic (exact) mass is 329 g/mol. The molecule has 0 saturated carbocycles. The Morgan fingerprint density at radius 1 is 1.54 bits per heavy atom. The minimum absolute atomic E-state index is 0.0353. The van der Waals surface area contributed by atoms with Gasteiger partial charge in [0.25, 0.3) is 5.91 Å². The van der Waals surface area contributed by atoms with Gasteiger partial charge >= 0.3 is 0 Å². The van der Waals surface area contributed by atoms with Gasteiger partial charge in [-0.05, 0) is 44.2 Å². The first-order valence-corrected chi connectivity index (χ1v) is 8.59. The average molecular weight is 329 g/mol. The van der Waals surface area contributed by atoms with Crippen molar-refractivity contribution in [3.05, 3.63) is 47.2 Å². The van der Waals surface area contributed by atoms with Gasteiger partial charge in [-0.25, -0.2) is 0 Å². The van der Waals surface area contributed by atoms with Gasteiger partial charge in [-0.1, -0.05) is 31.6 Å². The zero-order valence-electron chi connectivity index (χ0n) is 14.8. The van der Waals surface area contributed by atoms with Crippen molar-refractivity contribution >= 4 is 5.91 Å². The Morgan fingerprint density at radius 3 is 2.88 bits per heavy atom. The summed E-state index contributed by atoms with van der Waals surface area (Å²) in [6, 6.07) is 1.88. The zero-order chi connectivity index (χ0) is 17.7. The van der Waals surface area contributed by atoms with E-state index in [1.54, 1.807) is 7.05 Å². The van der Waals surface area contributed by atoms with Crippen LogP contribution in [0.15, 0.2) is 30.6 Å². The molecule has 0 fully saturated rings. The summed E-state index contributed by atoms with van der Waals surface area (Å²) >= 11 is 0. The van der Waals surface area contributed by atoms with E-state index in [0.717, 1.165) is 31.2 Å². The van der Waals surface area contributed by atoms with Crippen molar-refractivity contribution in [2.75, 3.05) is 7.05 Å². The molecule has 1 aromatic carbocycles. The van der Waals surface area contributed by atoms with Crippen molar-refractivity contribution in [2.45, 2.75) is 51.9 Å². The zero-order valence-corrected chi connectivity index (χ0v) is 14.8. The second kappa shape index (κ2) is 8.04. The Morgan fingerprint density at radius 2 is 2.29 bits per heavy atom. The highest BCUT2D eigenvalue weighted by Crippen LogP contribution is 2.44. The molecule has 4 nitrogen and oxygen atoms in total. The standard InChI is InChI=1S/C20H27NO3/c1-5-8-14-12-16(24-6-2)17(15-10-7-9-13(3)11-15)19(22)18(14)20(23)21-4/h6,11-12,15,22H,2,5,7-10H2,1,3-4H3,(H,21,23)/t15-/m0/s1. The van der Waals surface area contributed by atoms with Crippen LogP contribution in [0.3, 0.4) is 0 Å². The van der Waals surface area contributed by atoms with Gasteiger partial charge in [0, 0.05) is 18.5 Å². The van der Waals surface area contributed by atoms with Crippen molar-refractivity contribution < 1.29 is 14.6 Å². The summed E-state index contributed by atoms with van der Waals surface area (Å²) in [7, 11) is 1.58. The van der Waals surface area contributed by atoms with Crippen molar-refractivity contribution in [1.29, 1.82) is 0 Å². The number of allylic oxidation sites excluding steroid dienone is 2. The number of rotatable bonds is 6. The first-order chi connectivity index (χ1) is 11.5. The smallest absolute Gasteiger partial charge is 0.255 e. The summed E-state index contributed by atoms with van der Waals surface area (Å²) in [4.78, 5) is 12.4. The van der Waals surface area contributed by atoms with Gasteiger partial charge in [-0.2, -0.15) is 0 Å². The molecule has 0 radical (unpaired) electrons. The summed E-state index contributed by atoms with van der Waals surface area (Å²) in [5.74, 6) is 0.411. The molecule has 1 amide bonds. The molecule has 2 rings (SSSR count). The largest absolute Gasteiger partial charge is 0.507 e. The number of benzene rings is 1. The summed E-state index contributed by atoms with van der Waals surface area (Å²) in [6.45, 7) is 7.78. The van der Waals surface area contributed by atoms with Crippen molar-refractivity contribution in [1.82, 2.24) is 5.32 Å². The Hall–Kier alpha value is -2.23. The number of hydrogen-bond donors (Lipinski definition) is 2. The van der Waals surface area contributed by atoms with Crippen LogP contribution in [0.4, 0.5) is 0 Å². The lowest BCUT2D eigenvalue weighted by molar-refractivity contribution is 0.0959. The second-order valence-corrected chi connectivity index (χ2v) is 6.30. The van der Waals surface area contributed by atoms with Crippen LogP contribution in [-0.4, -0.2) is 18.1 Å². The summed E-state index contributed by atoms with van der Waals surface area (Å²) < 4.78 is 5.60. The van der Waals surface area contributed by atoms with E-state index in [2.05, 4.69) is 24.9 Å². The molecule has 2 N–H and O–H groups in total. The van der Waals surface area contributed by atoms with Crippen molar-refractivity contribution in [3.8, 4) is 11.5 Å². The molecule has 0 bridgehead atoms. The fraction of sp³-hybridized carbons (Fsp3) is 0.450. The number of phenols is 1. The molecule has 0 aliphatic heterocycles. The lowest BCUT2D eigenvalue weighted by Gasteiger charge is -2.25. The van der Waals surface area contributed by atoms with Crippen LogP contribution in [0.2, 0.25) is 0 Å². The van der Waals surface area contributed by atoms with Crippen LogP contribution in [0.5, 0.6) is 11.5 Å². The van der Waals surface area contributed by atoms with Crippen LogP contribution in [0.1, 0.15) is 66.9 Å². The summed E-state index contributed by atoms with van der Waals surface area (Å²) in [5, 5.41) is 13.6. The number of carbonyl (C=O) groups is 1. The van der Waals surface area contributed by atoms with Gasteiger partial charge in [-0.15, -0.1) is 0 Å². The highest BCUT2D eigenvalue weighted by atomic mass is 16.5. The van der Waals surface area contributed by atoms with Gasteiger partial charge in [0.1, 0.15) is 11.5 Å². The van der Waals surface area contributed by atoms with Crippen LogP contribution in [-0.2, 0) is 6.42 Å². The normalized spacial score (nSPS) is 17.1. The number of nitrogens with one attached hydrogen (secondary N) is 1. The fourth-order valence-electron chi connectivity index (χ4n) is 3.44. The van der Waals surface area contributed by atoms with E-state index < -0.39 is 0 Å². The molecule has 1 aliphatic rings. The van der Waals surface area contributed by atoms with E-state index in [9.17, 15) is 9.90 Å². The molecule has 4 heteroatoms. The van der Waals surface area contributed by atoms with E-state index >= 15 is 0 Å². The highest BCUT2D eigenvalue weighted by Gasteiger charge is 2.27. The number of aromatic hydroxyl groups is 1. The number of phenolic OH excluding ortho intramolecular Hbond substituents is 1. The summed E-state index contributed by atoms with van der Waals surface area (Å²) in [5.41, 5.74) is 3.15. The van der Waals surface area contributed by atoms with Crippen LogP contribution < -0.4 is 10.1 Å². The number of amides is 1. The van der Waals surface area contributed by atoms with Gasteiger partial charge in [0.05, 0.1) is 11.8 Å². The third-order valence-corrected chi connectivity index (χ3v) is 4.51. The molecule has 0 unspecified atom stereocenters. The van der Waals surface area contributed by atoms with Crippen molar-refractivity contribution in [3.63, 3.8) is 0 Å². The van der Waals surface area contributed by atoms with E-state index in [-0.39, 0.29) is 17.6 Å². The fourth-order valence-corrected chi connectivity index (χ4v) is 3.44. The maximum absolute atomic E-state index is 12.4. The SMILES string of the molecule is C=COc1cc(CCC)c(C(=O)NC)c(O)c1[C@@H]1C=C(C)CCC1. The molecular weight excluding hydrogens is 302 g/mol. The Kier molecular flexibility index (Phi) is 6.07. The quantitative estimate of drug-likeness (QED) is 0.599. The van der Waals surface area contributed by atoms with Crippen LogP contribution >= 0.6 is 0 Å². The molecule has 1 aromatic rings. The molecular formula is C20H27NO3. The van der Waals surface area contributed by atoms with Gasteiger partial charge in [0.15, 0.2) is 0 Å². The van der Waals surface area contributed by atoms with E-state index in [1.165, 1.54) is 11.8 Å². The lowest BCUT2D eigenvalue weighted by atomic mass is 9.83. The van der Waals surface area contributed by atoms with Crippen LogP contribution in [0, 0.1) is 0 Å². The molecule has 0 spiro atoms. The average Bonchev–Trinajstić information content (AvgIpc) is 2.55. The molecule has 0 aromatic heterocycles. The number of hydrogen-bond acceptors (Lipinski definition) is 3. The van der Waals surface area contributed by atoms with E-state index in [1.807, 2.05) is 13.0 Å². The Balaban J connectivity index is 2.68. The highest BCUT2D eigenvalue weighted by molar-refractivity contribution is 5.99. The number of aryl methyl sites for hydroxylation is 1. The molecule has 1 aliphatic carbocycles. The summed E-state index contributed by atoms with van der Waals surface area (Å²) in [6.07, 6.45) is 8.17. The maximum Gasteiger partial charge on any atom is 0.255 e. The molecule has 130 valence electrons. The molecule has 1 atom stereocenters. The predicted octanol–water partition coefficient (Wildman–Crippen LogP) is 4.44. The maximum atomic E-state index is 12.4. The second-order valence-electron chi connectivity index (χ2n) is 6.30. The first kappa shape index (κ1) is 18.1. The third-order valence-electron chi connectivity index (χ3n) is 4.51. The minimum atomic E-state index is -0.265. The van der Waals surface area contributed by atoms with Crippen molar-refractivity contribution in [2.24, 2.45) is 0 Å². The van der Waals surface area contributed by atoms with Gasteiger partial charge in [-0.3, -0.25) is 4.79 Å². The third kappa shape index (κ3) is 3.64. The van der Waals surface area contributed by atoms with E-state index in [4.69, 9.17) is 4.74 Å². The topological polar surface area (TPSA) is 58.6 Å². The van der Waals surface area contributed by atoms with Gasteiger partial charge < -0.3 is 15.2 Å². The van der Waals surface area contributed by atoms with Gasteiger partial charge in [0.2, 0.25) is 0 Å². The molecule has 24 heavy (non-hydrogen) atoms. The molecule has 0 saturated heterocycles. The molecule has 0 heterocycles. The first-order valence-electron chi connectivity index (χ1n) is 8.59. The van der Waals surface area contributed by atoms with E-state index in [0.29, 0.717) is 23.3 Å². The number of ether oxygens (including phenoxy) is 1. The van der Waals surface area contributed by atoms with Crippen LogP contribution in [0.25, 0.3) is 0 Å². The Labute approximate surface area is 144 Å².